The largest absolute Gasteiger partial charge is 0.490 e. The maximum Gasteiger partial charge on any atom is 0.214 e. The summed E-state index contributed by atoms with van der Waals surface area (Å²) in [7, 11) is 0. The van der Waals surface area contributed by atoms with Crippen LogP contribution in [0.25, 0.3) is 0 Å². The monoisotopic (exact) mass is 356 g/mol. The summed E-state index contributed by atoms with van der Waals surface area (Å²) >= 11 is 11.6. The molecule has 1 aromatic heterocycles. The van der Waals surface area contributed by atoms with E-state index in [4.69, 9.17) is 33.3 Å². The van der Waals surface area contributed by atoms with Crippen LogP contribution >= 0.6 is 23.8 Å². The molecule has 0 bridgehead atoms. The lowest BCUT2D eigenvalue weighted by Gasteiger charge is -2.15. The van der Waals surface area contributed by atoms with Gasteiger partial charge in [-0.15, -0.1) is 0 Å². The zero-order chi connectivity index (χ0) is 16.8. The van der Waals surface area contributed by atoms with Gasteiger partial charge in [0.25, 0.3) is 0 Å². The quantitative estimate of drug-likeness (QED) is 0.706. The number of nitrogens with one attached hydrogen (secondary N) is 2. The lowest BCUT2D eigenvalue weighted by Crippen LogP contribution is -2.17. The van der Waals surface area contributed by atoms with Crippen LogP contribution in [0.2, 0.25) is 5.02 Å². The lowest BCUT2D eigenvalue weighted by atomic mass is 10.2. The summed E-state index contributed by atoms with van der Waals surface area (Å²) in [5.41, 5.74) is 4.12. The summed E-state index contributed by atoms with van der Waals surface area (Å²) in [6.45, 7) is 7.47. The minimum atomic E-state index is 0.492. The van der Waals surface area contributed by atoms with Crippen molar-refractivity contribution in [2.75, 3.05) is 18.6 Å². The summed E-state index contributed by atoms with van der Waals surface area (Å²) in [5.74, 6) is 2.17. The van der Waals surface area contributed by atoms with E-state index >= 15 is 0 Å². The van der Waals surface area contributed by atoms with Gasteiger partial charge in [0.2, 0.25) is 4.77 Å². The number of aromatic amines is 1. The predicted molar refractivity (Wildman–Crippen MR) is 93.6 cm³/mol. The van der Waals surface area contributed by atoms with E-state index in [-0.39, 0.29) is 0 Å². The Bertz CT molecular complexity index is 714. The summed E-state index contributed by atoms with van der Waals surface area (Å²) in [6.07, 6.45) is 0.765. The summed E-state index contributed by atoms with van der Waals surface area (Å²) in [6, 6.07) is 3.67. The second kappa shape index (κ2) is 8.21. The van der Waals surface area contributed by atoms with E-state index < -0.39 is 0 Å². The fourth-order valence-electron chi connectivity index (χ4n) is 2.14. The van der Waals surface area contributed by atoms with Gasteiger partial charge in [0.1, 0.15) is 0 Å². The zero-order valence-corrected chi connectivity index (χ0v) is 15.1. The van der Waals surface area contributed by atoms with Gasteiger partial charge in [-0.05, 0) is 37.7 Å². The van der Waals surface area contributed by atoms with Crippen LogP contribution in [0.3, 0.4) is 0 Å². The van der Waals surface area contributed by atoms with Gasteiger partial charge < -0.3 is 14.9 Å². The van der Waals surface area contributed by atoms with Crippen LogP contribution in [-0.2, 0) is 13.0 Å². The van der Waals surface area contributed by atoms with Crippen LogP contribution in [0.4, 0.5) is 0 Å². The molecule has 23 heavy (non-hydrogen) atoms. The molecule has 2 aromatic rings. The molecule has 0 aliphatic rings. The number of aryl methyl sites for hydroxylation is 1. The number of halogens is 1. The number of rotatable bonds is 8. The van der Waals surface area contributed by atoms with Gasteiger partial charge in [0.15, 0.2) is 17.3 Å². The Morgan fingerprint density at radius 3 is 2.48 bits per heavy atom. The second-order valence-electron chi connectivity index (χ2n) is 4.73. The van der Waals surface area contributed by atoms with E-state index in [0.29, 0.717) is 41.1 Å². The van der Waals surface area contributed by atoms with Gasteiger partial charge >= 0.3 is 0 Å². The molecule has 0 atom stereocenters. The minimum Gasteiger partial charge on any atom is -0.490 e. The topological polar surface area (TPSA) is 64.1 Å². The molecule has 0 radical (unpaired) electrons. The summed E-state index contributed by atoms with van der Waals surface area (Å²) in [5, 5.41) is 7.54. The Morgan fingerprint density at radius 1 is 1.22 bits per heavy atom. The molecule has 2 N–H and O–H groups in total. The van der Waals surface area contributed by atoms with Crippen molar-refractivity contribution in [2.24, 2.45) is 0 Å². The van der Waals surface area contributed by atoms with Crippen molar-refractivity contribution < 1.29 is 9.47 Å². The highest BCUT2D eigenvalue weighted by Gasteiger charge is 2.12. The molecule has 1 heterocycles. The third-order valence-corrected chi connectivity index (χ3v) is 3.82. The smallest absolute Gasteiger partial charge is 0.214 e. The highest BCUT2D eigenvalue weighted by Crippen LogP contribution is 2.33. The minimum absolute atomic E-state index is 0.492. The number of nitrogens with zero attached hydrogens (tertiary/aromatic N) is 2. The first-order valence-electron chi connectivity index (χ1n) is 7.58. The predicted octanol–water partition coefficient (Wildman–Crippen LogP) is 3.70. The Hall–Kier alpha value is -1.73. The first-order valence-corrected chi connectivity index (χ1v) is 8.37. The molecule has 0 aliphatic carbocycles. The third-order valence-electron chi connectivity index (χ3n) is 3.20. The number of hydrogen-bond acceptors (Lipinski definition) is 5. The standard InChI is InChI=1S/C15H21ClN4O2S/c1-4-14-18-19-15(23)20(14)17-9-10-7-12(21-5-2)13(22-6-3)8-11(10)16/h7-8,17H,4-6,9H2,1-3H3,(H,19,23). The average Bonchev–Trinajstić information content (AvgIpc) is 2.89. The highest BCUT2D eigenvalue weighted by atomic mass is 35.5. The van der Waals surface area contributed by atoms with Crippen molar-refractivity contribution in [3.05, 3.63) is 33.3 Å². The zero-order valence-electron chi connectivity index (χ0n) is 13.5. The van der Waals surface area contributed by atoms with Crippen molar-refractivity contribution in [1.29, 1.82) is 0 Å². The second-order valence-corrected chi connectivity index (χ2v) is 5.52. The Labute approximate surface area is 145 Å². The van der Waals surface area contributed by atoms with Crippen LogP contribution < -0.4 is 14.9 Å². The van der Waals surface area contributed by atoms with E-state index in [1.165, 1.54) is 0 Å². The first kappa shape index (κ1) is 17.6. The number of ether oxygens (including phenoxy) is 2. The molecule has 0 fully saturated rings. The Balaban J connectivity index is 2.23. The number of aromatic nitrogens is 3. The van der Waals surface area contributed by atoms with Crippen LogP contribution in [0.5, 0.6) is 11.5 Å². The molecule has 0 saturated heterocycles. The van der Waals surface area contributed by atoms with E-state index in [2.05, 4.69) is 15.6 Å². The van der Waals surface area contributed by atoms with Gasteiger partial charge in [-0.2, -0.15) is 5.10 Å². The Morgan fingerprint density at radius 2 is 1.87 bits per heavy atom. The van der Waals surface area contributed by atoms with Crippen molar-refractivity contribution >= 4 is 23.8 Å². The molecule has 2 rings (SSSR count). The molecular formula is C15H21ClN4O2S. The fraction of sp³-hybridized carbons (Fsp3) is 0.467. The van der Waals surface area contributed by atoms with Gasteiger partial charge in [0.05, 0.1) is 19.8 Å². The molecule has 0 aliphatic heterocycles. The van der Waals surface area contributed by atoms with Crippen molar-refractivity contribution in [3.8, 4) is 11.5 Å². The first-order chi connectivity index (χ1) is 11.1. The molecular weight excluding hydrogens is 336 g/mol. The van der Waals surface area contributed by atoms with Crippen LogP contribution in [-0.4, -0.2) is 28.1 Å². The van der Waals surface area contributed by atoms with Crippen molar-refractivity contribution in [2.45, 2.75) is 33.7 Å². The van der Waals surface area contributed by atoms with Gasteiger partial charge in [-0.25, -0.2) is 4.68 Å². The summed E-state index contributed by atoms with van der Waals surface area (Å²) < 4.78 is 13.5. The SMILES string of the molecule is CCOc1cc(Cl)c(CNn2c(CC)n[nH]c2=S)cc1OCC. The van der Waals surface area contributed by atoms with Gasteiger partial charge in [0, 0.05) is 17.5 Å². The molecule has 8 heteroatoms. The molecule has 6 nitrogen and oxygen atoms in total. The number of H-pyrrole nitrogens is 1. The van der Waals surface area contributed by atoms with E-state index in [0.717, 1.165) is 17.8 Å². The lowest BCUT2D eigenvalue weighted by molar-refractivity contribution is 0.287. The average molecular weight is 357 g/mol. The third kappa shape index (κ3) is 4.17. The molecule has 0 spiro atoms. The number of hydrogen-bond donors (Lipinski definition) is 2. The number of benzene rings is 1. The molecule has 126 valence electrons. The van der Waals surface area contributed by atoms with Crippen LogP contribution in [0.1, 0.15) is 32.2 Å². The van der Waals surface area contributed by atoms with E-state index in [1.54, 1.807) is 10.7 Å². The molecule has 0 unspecified atom stereocenters. The molecule has 1 aromatic carbocycles. The fourth-order valence-corrected chi connectivity index (χ4v) is 2.58. The van der Waals surface area contributed by atoms with Gasteiger partial charge in [-0.1, -0.05) is 18.5 Å². The Kier molecular flexibility index (Phi) is 6.29. The highest BCUT2D eigenvalue weighted by molar-refractivity contribution is 7.71. The maximum atomic E-state index is 6.36. The van der Waals surface area contributed by atoms with Gasteiger partial charge in [-0.3, -0.25) is 5.10 Å². The van der Waals surface area contributed by atoms with E-state index in [9.17, 15) is 0 Å². The summed E-state index contributed by atoms with van der Waals surface area (Å²) in [4.78, 5) is 0. The van der Waals surface area contributed by atoms with Crippen molar-refractivity contribution in [1.82, 2.24) is 14.9 Å². The molecule has 0 amide bonds. The van der Waals surface area contributed by atoms with Crippen molar-refractivity contribution in [3.63, 3.8) is 0 Å². The molecule has 0 saturated carbocycles. The maximum absolute atomic E-state index is 6.36. The van der Waals surface area contributed by atoms with E-state index in [1.807, 2.05) is 26.8 Å². The van der Waals surface area contributed by atoms with Crippen LogP contribution in [0.15, 0.2) is 12.1 Å². The van der Waals surface area contributed by atoms with Crippen LogP contribution in [0, 0.1) is 4.77 Å². The normalized spacial score (nSPS) is 10.6.